The van der Waals surface area contributed by atoms with Crippen LogP contribution in [0.3, 0.4) is 0 Å². The number of nitrogens with two attached hydrogens (primary N) is 1. The van der Waals surface area contributed by atoms with Gasteiger partial charge in [0, 0.05) is 18.7 Å². The maximum absolute atomic E-state index is 9.51. The Morgan fingerprint density at radius 1 is 1.20 bits per heavy atom. The second-order valence-electron chi connectivity index (χ2n) is 5.29. The molecule has 0 aliphatic heterocycles. The number of aliphatic hydroxyl groups is 1. The highest BCUT2D eigenvalue weighted by Gasteiger charge is 2.19. The van der Waals surface area contributed by atoms with Crippen molar-refractivity contribution in [2.45, 2.75) is 44.4 Å². The molecule has 5 heteroatoms. The maximum Gasteiger partial charge on any atom is 0.145 e. The van der Waals surface area contributed by atoms with Crippen molar-refractivity contribution in [3.63, 3.8) is 0 Å². The number of hydrogen-bond acceptors (Lipinski definition) is 5. The van der Waals surface area contributed by atoms with Crippen LogP contribution in [0.15, 0.2) is 12.1 Å². The van der Waals surface area contributed by atoms with Crippen LogP contribution in [0.1, 0.15) is 31.2 Å². The van der Waals surface area contributed by atoms with E-state index in [1.807, 2.05) is 6.07 Å². The lowest BCUT2D eigenvalue weighted by molar-refractivity contribution is 0.116. The molecule has 0 radical (unpaired) electrons. The predicted molar refractivity (Wildman–Crippen MR) is 79.1 cm³/mol. The molecule has 20 heavy (non-hydrogen) atoms. The molecular formula is C15H24N2O3. The van der Waals surface area contributed by atoms with Gasteiger partial charge in [0.1, 0.15) is 11.5 Å². The summed E-state index contributed by atoms with van der Waals surface area (Å²) in [7, 11) is 3.23. The van der Waals surface area contributed by atoms with Crippen LogP contribution in [0.25, 0.3) is 0 Å². The van der Waals surface area contributed by atoms with Crippen molar-refractivity contribution >= 4 is 5.69 Å². The summed E-state index contributed by atoms with van der Waals surface area (Å²) in [6, 6.07) is 4.16. The van der Waals surface area contributed by atoms with Gasteiger partial charge in [0.05, 0.1) is 26.0 Å². The molecule has 1 saturated carbocycles. The second kappa shape index (κ2) is 6.81. The lowest BCUT2D eigenvalue weighted by Crippen LogP contribution is -2.34. The molecule has 1 aromatic rings. The van der Waals surface area contributed by atoms with Crippen molar-refractivity contribution in [2.24, 2.45) is 0 Å². The Morgan fingerprint density at radius 2 is 1.90 bits per heavy atom. The standard InChI is InChI=1S/C15H24N2O3/c1-19-13-7-10(15(16)14(8-13)20-2)9-17-11-3-5-12(18)6-4-11/h7-8,11-12,17-18H,3-6,9,16H2,1-2H3. The summed E-state index contributed by atoms with van der Waals surface area (Å²) < 4.78 is 10.5. The summed E-state index contributed by atoms with van der Waals surface area (Å²) in [6.07, 6.45) is 3.61. The highest BCUT2D eigenvalue weighted by molar-refractivity contribution is 5.61. The second-order valence-corrected chi connectivity index (χ2v) is 5.29. The quantitative estimate of drug-likeness (QED) is 0.715. The fraction of sp³-hybridized carbons (Fsp3) is 0.600. The van der Waals surface area contributed by atoms with Crippen LogP contribution in [0.5, 0.6) is 11.5 Å². The summed E-state index contributed by atoms with van der Waals surface area (Å²) in [4.78, 5) is 0. The largest absolute Gasteiger partial charge is 0.497 e. The summed E-state index contributed by atoms with van der Waals surface area (Å²) in [5.74, 6) is 1.38. The van der Waals surface area contributed by atoms with Crippen molar-refractivity contribution in [1.29, 1.82) is 0 Å². The predicted octanol–water partition coefficient (Wildman–Crippen LogP) is 1.68. The van der Waals surface area contributed by atoms with Crippen molar-refractivity contribution in [3.8, 4) is 11.5 Å². The number of ether oxygens (including phenoxy) is 2. The molecule has 0 atom stereocenters. The zero-order chi connectivity index (χ0) is 14.5. The number of aliphatic hydroxyl groups excluding tert-OH is 1. The maximum atomic E-state index is 9.51. The molecule has 0 aromatic heterocycles. The Labute approximate surface area is 120 Å². The summed E-state index contributed by atoms with van der Waals surface area (Å²) in [5, 5.41) is 13.0. The van der Waals surface area contributed by atoms with E-state index in [1.165, 1.54) is 0 Å². The highest BCUT2D eigenvalue weighted by Crippen LogP contribution is 2.31. The van der Waals surface area contributed by atoms with Crippen molar-refractivity contribution in [2.75, 3.05) is 20.0 Å². The summed E-state index contributed by atoms with van der Waals surface area (Å²) in [5.41, 5.74) is 7.72. The molecule has 0 spiro atoms. The van der Waals surface area contributed by atoms with Gasteiger partial charge in [0.25, 0.3) is 0 Å². The lowest BCUT2D eigenvalue weighted by atomic mass is 9.93. The Kier molecular flexibility index (Phi) is 5.09. The van der Waals surface area contributed by atoms with Crippen LogP contribution in [0.4, 0.5) is 5.69 Å². The van der Waals surface area contributed by atoms with Gasteiger partial charge in [-0.15, -0.1) is 0 Å². The number of hydrogen-bond donors (Lipinski definition) is 3. The molecular weight excluding hydrogens is 256 g/mol. The fourth-order valence-electron chi connectivity index (χ4n) is 2.62. The first-order valence-electron chi connectivity index (χ1n) is 7.06. The highest BCUT2D eigenvalue weighted by atomic mass is 16.5. The Morgan fingerprint density at radius 3 is 2.50 bits per heavy atom. The van der Waals surface area contributed by atoms with Crippen molar-refractivity contribution in [3.05, 3.63) is 17.7 Å². The molecule has 2 rings (SSSR count). The van der Waals surface area contributed by atoms with E-state index in [0.717, 1.165) is 37.0 Å². The zero-order valence-electron chi connectivity index (χ0n) is 12.2. The van der Waals surface area contributed by atoms with Gasteiger partial charge in [-0.25, -0.2) is 0 Å². The smallest absolute Gasteiger partial charge is 0.145 e. The molecule has 1 aromatic carbocycles. The zero-order valence-corrected chi connectivity index (χ0v) is 12.2. The van der Waals surface area contributed by atoms with E-state index in [1.54, 1.807) is 20.3 Å². The molecule has 4 N–H and O–H groups in total. The van der Waals surface area contributed by atoms with E-state index in [9.17, 15) is 5.11 Å². The van der Waals surface area contributed by atoms with Gasteiger partial charge in [0.15, 0.2) is 0 Å². The molecule has 1 fully saturated rings. The van der Waals surface area contributed by atoms with Gasteiger partial charge in [-0.1, -0.05) is 0 Å². The lowest BCUT2D eigenvalue weighted by Gasteiger charge is -2.26. The van der Waals surface area contributed by atoms with E-state index >= 15 is 0 Å². The third-order valence-corrected chi connectivity index (χ3v) is 3.93. The van der Waals surface area contributed by atoms with E-state index in [2.05, 4.69) is 5.32 Å². The molecule has 0 saturated heterocycles. The third-order valence-electron chi connectivity index (χ3n) is 3.93. The van der Waals surface area contributed by atoms with Gasteiger partial charge in [-0.05, 0) is 37.3 Å². The average Bonchev–Trinajstić information content (AvgIpc) is 2.48. The monoisotopic (exact) mass is 280 g/mol. The Balaban J connectivity index is 2.01. The van der Waals surface area contributed by atoms with Crippen molar-refractivity contribution < 1.29 is 14.6 Å². The SMILES string of the molecule is COc1cc(CNC2CCC(O)CC2)c(N)c(OC)c1. The van der Waals surface area contributed by atoms with E-state index in [4.69, 9.17) is 15.2 Å². The molecule has 1 aliphatic carbocycles. The Bertz CT molecular complexity index is 443. The van der Waals surface area contributed by atoms with Gasteiger partial charge in [0.2, 0.25) is 0 Å². The molecule has 0 amide bonds. The van der Waals surface area contributed by atoms with E-state index < -0.39 is 0 Å². The topological polar surface area (TPSA) is 76.7 Å². The minimum absolute atomic E-state index is 0.130. The van der Waals surface area contributed by atoms with Gasteiger partial charge in [-0.3, -0.25) is 0 Å². The average molecular weight is 280 g/mol. The number of nitrogens with one attached hydrogen (secondary N) is 1. The van der Waals surface area contributed by atoms with Gasteiger partial charge < -0.3 is 25.6 Å². The molecule has 0 unspecified atom stereocenters. The molecule has 1 aliphatic rings. The van der Waals surface area contributed by atoms with Crippen LogP contribution in [0, 0.1) is 0 Å². The number of anilines is 1. The minimum atomic E-state index is -0.130. The first-order valence-corrected chi connectivity index (χ1v) is 7.06. The number of rotatable bonds is 5. The van der Waals surface area contributed by atoms with E-state index in [-0.39, 0.29) is 6.10 Å². The number of methoxy groups -OCH3 is 2. The number of benzene rings is 1. The normalized spacial score (nSPS) is 22.6. The van der Waals surface area contributed by atoms with Crippen LogP contribution in [0.2, 0.25) is 0 Å². The number of nitrogen functional groups attached to an aromatic ring is 1. The van der Waals surface area contributed by atoms with Crippen LogP contribution in [-0.4, -0.2) is 31.5 Å². The van der Waals surface area contributed by atoms with Gasteiger partial charge >= 0.3 is 0 Å². The third kappa shape index (κ3) is 3.55. The summed E-state index contributed by atoms with van der Waals surface area (Å²) in [6.45, 7) is 0.681. The van der Waals surface area contributed by atoms with E-state index in [0.29, 0.717) is 24.0 Å². The summed E-state index contributed by atoms with van der Waals surface area (Å²) >= 11 is 0. The molecule has 0 bridgehead atoms. The Hall–Kier alpha value is -1.46. The van der Waals surface area contributed by atoms with Crippen LogP contribution in [-0.2, 0) is 6.54 Å². The first kappa shape index (κ1) is 14.9. The molecule has 0 heterocycles. The molecule has 5 nitrogen and oxygen atoms in total. The fourth-order valence-corrected chi connectivity index (χ4v) is 2.62. The van der Waals surface area contributed by atoms with Crippen LogP contribution < -0.4 is 20.5 Å². The van der Waals surface area contributed by atoms with Crippen LogP contribution >= 0.6 is 0 Å². The minimum Gasteiger partial charge on any atom is -0.497 e. The van der Waals surface area contributed by atoms with Crippen molar-refractivity contribution in [1.82, 2.24) is 5.32 Å². The first-order chi connectivity index (χ1) is 9.63. The molecule has 112 valence electrons. The van der Waals surface area contributed by atoms with Gasteiger partial charge in [-0.2, -0.15) is 0 Å².